The van der Waals surface area contributed by atoms with Crippen molar-refractivity contribution < 1.29 is 9.90 Å². The lowest BCUT2D eigenvalue weighted by atomic mass is 9.98. The lowest BCUT2D eigenvalue weighted by Gasteiger charge is -2.28. The summed E-state index contributed by atoms with van der Waals surface area (Å²) < 4.78 is 0. The van der Waals surface area contributed by atoms with Crippen LogP contribution in [0, 0.1) is 0 Å². The Kier molecular flexibility index (Phi) is 3.64. The van der Waals surface area contributed by atoms with Gasteiger partial charge in [0.25, 0.3) is 5.91 Å². The molecule has 5 heteroatoms. The van der Waals surface area contributed by atoms with E-state index in [0.29, 0.717) is 10.6 Å². The number of carbonyl (C=O) groups excluding carboxylic acids is 1. The highest BCUT2D eigenvalue weighted by atomic mass is 35.5. The molecule has 1 heterocycles. The molecule has 0 radical (unpaired) electrons. The smallest absolute Gasteiger partial charge is 0.254 e. The third kappa shape index (κ3) is 2.58. The van der Waals surface area contributed by atoms with E-state index in [1.54, 1.807) is 6.07 Å². The number of aliphatic hydroxyl groups is 1. The first kappa shape index (κ1) is 12.3. The van der Waals surface area contributed by atoms with Crippen LogP contribution >= 0.6 is 11.6 Å². The number of nitrogens with one attached hydrogen (secondary N) is 1. The van der Waals surface area contributed by atoms with Gasteiger partial charge in [0.1, 0.15) is 0 Å². The van der Waals surface area contributed by atoms with Crippen LogP contribution < -0.4 is 5.32 Å². The van der Waals surface area contributed by atoms with Crippen LogP contribution in [0.5, 0.6) is 0 Å². The van der Waals surface area contributed by atoms with E-state index in [9.17, 15) is 9.90 Å². The fourth-order valence-corrected chi connectivity index (χ4v) is 2.42. The lowest BCUT2D eigenvalue weighted by Crippen LogP contribution is -2.49. The highest BCUT2D eigenvalue weighted by Crippen LogP contribution is 2.29. The SMILES string of the molecule is O=C(NC1(CO)CCCC1)c1cnccc1Cl. The van der Waals surface area contributed by atoms with Crippen LogP contribution in [0.2, 0.25) is 5.02 Å². The van der Waals surface area contributed by atoms with Gasteiger partial charge in [-0.1, -0.05) is 24.4 Å². The molecule has 0 atom stereocenters. The van der Waals surface area contributed by atoms with E-state index in [1.807, 2.05) is 0 Å². The Morgan fingerprint density at radius 3 is 2.82 bits per heavy atom. The molecule has 1 aromatic heterocycles. The van der Waals surface area contributed by atoms with Crippen LogP contribution in [0.3, 0.4) is 0 Å². The Balaban J connectivity index is 2.14. The molecular weight excluding hydrogens is 240 g/mol. The van der Waals surface area contributed by atoms with Crippen molar-refractivity contribution in [2.24, 2.45) is 0 Å². The first-order chi connectivity index (χ1) is 8.17. The van der Waals surface area contributed by atoms with Gasteiger partial charge in [-0.05, 0) is 18.9 Å². The third-order valence-electron chi connectivity index (χ3n) is 3.25. The lowest BCUT2D eigenvalue weighted by molar-refractivity contribution is 0.0838. The van der Waals surface area contributed by atoms with Crippen LogP contribution in [0.15, 0.2) is 18.5 Å². The zero-order chi connectivity index (χ0) is 12.3. The van der Waals surface area contributed by atoms with Crippen LogP contribution in [0.4, 0.5) is 0 Å². The molecule has 0 bridgehead atoms. The molecule has 4 nitrogen and oxygen atoms in total. The van der Waals surface area contributed by atoms with Crippen LogP contribution in [-0.2, 0) is 0 Å². The van der Waals surface area contributed by atoms with Gasteiger partial charge in [-0.25, -0.2) is 0 Å². The van der Waals surface area contributed by atoms with Gasteiger partial charge in [-0.15, -0.1) is 0 Å². The van der Waals surface area contributed by atoms with E-state index in [0.717, 1.165) is 25.7 Å². The zero-order valence-electron chi connectivity index (χ0n) is 9.45. The second-order valence-corrected chi connectivity index (χ2v) is 4.86. The minimum Gasteiger partial charge on any atom is -0.394 e. The summed E-state index contributed by atoms with van der Waals surface area (Å²) in [5, 5.41) is 12.7. The van der Waals surface area contributed by atoms with Gasteiger partial charge < -0.3 is 10.4 Å². The van der Waals surface area contributed by atoms with Gasteiger partial charge in [-0.3, -0.25) is 9.78 Å². The fourth-order valence-electron chi connectivity index (χ4n) is 2.23. The monoisotopic (exact) mass is 254 g/mol. The van der Waals surface area contributed by atoms with Crippen molar-refractivity contribution in [1.29, 1.82) is 0 Å². The van der Waals surface area contributed by atoms with E-state index in [2.05, 4.69) is 10.3 Å². The maximum atomic E-state index is 12.0. The fraction of sp³-hybridized carbons (Fsp3) is 0.500. The number of hydrogen-bond donors (Lipinski definition) is 2. The van der Waals surface area contributed by atoms with Gasteiger partial charge in [0, 0.05) is 12.4 Å². The van der Waals surface area contributed by atoms with E-state index in [1.165, 1.54) is 12.4 Å². The molecule has 0 aliphatic heterocycles. The largest absolute Gasteiger partial charge is 0.394 e. The summed E-state index contributed by atoms with van der Waals surface area (Å²) in [6, 6.07) is 1.58. The Morgan fingerprint density at radius 1 is 1.53 bits per heavy atom. The molecule has 1 fully saturated rings. The van der Waals surface area contributed by atoms with Crippen LogP contribution in [0.25, 0.3) is 0 Å². The summed E-state index contributed by atoms with van der Waals surface area (Å²) in [4.78, 5) is 15.9. The summed E-state index contributed by atoms with van der Waals surface area (Å²) >= 11 is 5.93. The average Bonchev–Trinajstić information content (AvgIpc) is 2.79. The molecule has 0 aromatic carbocycles. The quantitative estimate of drug-likeness (QED) is 0.864. The molecule has 2 N–H and O–H groups in total. The number of rotatable bonds is 3. The molecule has 1 amide bonds. The summed E-state index contributed by atoms with van der Waals surface area (Å²) in [7, 11) is 0. The van der Waals surface area contributed by atoms with Crippen molar-refractivity contribution in [3.8, 4) is 0 Å². The number of aliphatic hydroxyl groups excluding tert-OH is 1. The molecule has 92 valence electrons. The standard InChI is InChI=1S/C12H15ClN2O2/c13-10-3-6-14-7-9(10)11(17)15-12(8-16)4-1-2-5-12/h3,6-7,16H,1-2,4-5,8H2,(H,15,17). The molecule has 17 heavy (non-hydrogen) atoms. The normalized spacial score (nSPS) is 18.0. The molecule has 1 aliphatic rings. The number of carbonyl (C=O) groups is 1. The van der Waals surface area contributed by atoms with Gasteiger partial charge in [0.05, 0.1) is 22.7 Å². The molecule has 0 saturated heterocycles. The summed E-state index contributed by atoms with van der Waals surface area (Å²) in [5.74, 6) is -0.265. The number of hydrogen-bond acceptors (Lipinski definition) is 3. The van der Waals surface area contributed by atoms with Crippen molar-refractivity contribution in [1.82, 2.24) is 10.3 Å². The number of nitrogens with zero attached hydrogens (tertiary/aromatic N) is 1. The number of halogens is 1. The molecule has 0 spiro atoms. The van der Waals surface area contributed by atoms with Gasteiger partial charge in [0.2, 0.25) is 0 Å². The van der Waals surface area contributed by atoms with E-state index >= 15 is 0 Å². The predicted molar refractivity (Wildman–Crippen MR) is 65.0 cm³/mol. The molecule has 1 aromatic rings. The first-order valence-electron chi connectivity index (χ1n) is 5.70. The number of pyridine rings is 1. The summed E-state index contributed by atoms with van der Waals surface area (Å²) in [5.41, 5.74) is -0.120. The maximum Gasteiger partial charge on any atom is 0.254 e. The molecule has 1 aliphatic carbocycles. The minimum absolute atomic E-state index is 0.0311. The molecule has 2 rings (SSSR count). The number of amides is 1. The molecule has 0 unspecified atom stereocenters. The average molecular weight is 255 g/mol. The van der Waals surface area contributed by atoms with Crippen molar-refractivity contribution >= 4 is 17.5 Å². The number of aromatic nitrogens is 1. The molecule has 1 saturated carbocycles. The third-order valence-corrected chi connectivity index (χ3v) is 3.58. The van der Waals surface area contributed by atoms with E-state index in [-0.39, 0.29) is 12.5 Å². The first-order valence-corrected chi connectivity index (χ1v) is 6.08. The van der Waals surface area contributed by atoms with Crippen molar-refractivity contribution in [2.45, 2.75) is 31.2 Å². The Morgan fingerprint density at radius 2 is 2.24 bits per heavy atom. The Hall–Kier alpha value is -1.13. The van der Waals surface area contributed by atoms with E-state index in [4.69, 9.17) is 11.6 Å². The van der Waals surface area contributed by atoms with Gasteiger partial charge in [0.15, 0.2) is 0 Å². The van der Waals surface area contributed by atoms with Crippen LogP contribution in [0.1, 0.15) is 36.0 Å². The zero-order valence-corrected chi connectivity index (χ0v) is 10.2. The highest BCUT2D eigenvalue weighted by molar-refractivity contribution is 6.33. The minimum atomic E-state index is -0.476. The second-order valence-electron chi connectivity index (χ2n) is 4.46. The summed E-state index contributed by atoms with van der Waals surface area (Å²) in [6.45, 7) is -0.0311. The maximum absolute atomic E-state index is 12.0. The van der Waals surface area contributed by atoms with Crippen molar-refractivity contribution in [3.63, 3.8) is 0 Å². The molecular formula is C12H15ClN2O2. The van der Waals surface area contributed by atoms with Crippen molar-refractivity contribution in [2.75, 3.05) is 6.61 Å². The Labute approximate surface area is 105 Å². The highest BCUT2D eigenvalue weighted by Gasteiger charge is 2.35. The Bertz CT molecular complexity index is 417. The van der Waals surface area contributed by atoms with Crippen LogP contribution in [-0.4, -0.2) is 28.1 Å². The topological polar surface area (TPSA) is 62.2 Å². The summed E-state index contributed by atoms with van der Waals surface area (Å²) in [6.07, 6.45) is 6.66. The van der Waals surface area contributed by atoms with Gasteiger partial charge >= 0.3 is 0 Å². The van der Waals surface area contributed by atoms with E-state index < -0.39 is 5.54 Å². The van der Waals surface area contributed by atoms with Crippen molar-refractivity contribution in [3.05, 3.63) is 29.0 Å². The van der Waals surface area contributed by atoms with Gasteiger partial charge in [-0.2, -0.15) is 0 Å². The second kappa shape index (κ2) is 5.02. The predicted octanol–water partition coefficient (Wildman–Crippen LogP) is 1.77.